The van der Waals surface area contributed by atoms with E-state index < -0.39 is 11.6 Å². The Morgan fingerprint density at radius 2 is 1.93 bits per heavy atom. The summed E-state index contributed by atoms with van der Waals surface area (Å²) in [7, 11) is 1.55. The second kappa shape index (κ2) is 8.75. The number of hydrogen-bond acceptors (Lipinski definition) is 3. The number of halogens is 4. The quantitative estimate of drug-likeness (QED) is 0.296. The average molecular weight is 534 g/mol. The van der Waals surface area contributed by atoms with Gasteiger partial charge in [-0.3, -0.25) is 0 Å². The van der Waals surface area contributed by atoms with Gasteiger partial charge in [-0.1, -0.05) is 11.6 Å². The lowest BCUT2D eigenvalue weighted by Gasteiger charge is -2.24. The summed E-state index contributed by atoms with van der Waals surface area (Å²) in [6, 6.07) is 7.50. The first-order valence-electron chi connectivity index (χ1n) is 9.19. The highest BCUT2D eigenvalue weighted by Gasteiger charge is 2.28. The number of fused-ring (bicyclic) bond motifs is 1. The predicted octanol–water partition coefficient (Wildman–Crippen LogP) is 6.04. The van der Waals surface area contributed by atoms with Gasteiger partial charge in [0.2, 0.25) is 0 Å². The molecular formula is C21H19ClF2INO3. The molecule has 1 saturated heterocycles. The molecule has 0 bridgehead atoms. The summed E-state index contributed by atoms with van der Waals surface area (Å²) in [6.45, 7) is 1.40. The Morgan fingerprint density at radius 1 is 1.17 bits per heavy atom. The van der Waals surface area contributed by atoms with Crippen molar-refractivity contribution in [2.75, 3.05) is 27.1 Å². The molecule has 0 atom stereocenters. The normalized spacial score (nSPS) is 15.2. The van der Waals surface area contributed by atoms with Crippen LogP contribution in [0, 0.1) is 15.2 Å². The zero-order valence-corrected chi connectivity index (χ0v) is 18.6. The van der Waals surface area contributed by atoms with Crippen LogP contribution in [0.1, 0.15) is 24.5 Å². The van der Waals surface area contributed by atoms with E-state index in [0.717, 1.165) is 39.1 Å². The van der Waals surface area contributed by atoms with Gasteiger partial charge < -0.3 is 18.8 Å². The van der Waals surface area contributed by atoms with Gasteiger partial charge in [-0.05, 0) is 59.7 Å². The van der Waals surface area contributed by atoms with Gasteiger partial charge in [-0.2, -0.15) is 0 Å². The zero-order valence-electron chi connectivity index (χ0n) is 15.7. The number of aromatic nitrogens is 1. The van der Waals surface area contributed by atoms with Crippen LogP contribution in [0.4, 0.5) is 8.78 Å². The number of ether oxygens (including phenoxy) is 3. The minimum absolute atomic E-state index is 0.0779. The van der Waals surface area contributed by atoms with Crippen LogP contribution in [-0.4, -0.2) is 31.7 Å². The molecule has 1 aromatic heterocycles. The molecule has 3 aromatic rings. The lowest BCUT2D eigenvalue weighted by atomic mass is 9.96. The molecule has 0 aliphatic carbocycles. The van der Waals surface area contributed by atoms with E-state index in [4.69, 9.17) is 25.8 Å². The van der Waals surface area contributed by atoms with Crippen LogP contribution in [0.15, 0.2) is 30.3 Å². The maximum Gasteiger partial charge on any atom is 0.188 e. The van der Waals surface area contributed by atoms with Crippen molar-refractivity contribution in [3.05, 3.63) is 56.3 Å². The highest BCUT2D eigenvalue weighted by Crippen LogP contribution is 2.43. The standard InChI is InChI=1S/C21H19ClF2INO3/c1-27-11-29-18-9-13(22)8-17-19(18)20(25)21(12-4-6-28-7-5-12)26(17)14-2-3-15(23)16(24)10-14/h2-3,8-10,12H,4-7,11H2,1H3. The van der Waals surface area contributed by atoms with Gasteiger partial charge in [0.1, 0.15) is 5.75 Å². The summed E-state index contributed by atoms with van der Waals surface area (Å²) < 4.78 is 47.0. The van der Waals surface area contributed by atoms with Gasteiger partial charge in [-0.15, -0.1) is 0 Å². The molecule has 4 rings (SSSR count). The summed E-state index contributed by atoms with van der Waals surface area (Å²) in [6.07, 6.45) is 1.69. The van der Waals surface area contributed by atoms with E-state index in [1.165, 1.54) is 6.07 Å². The molecule has 4 nitrogen and oxygen atoms in total. The third-order valence-electron chi connectivity index (χ3n) is 5.07. The van der Waals surface area contributed by atoms with Crippen molar-refractivity contribution < 1.29 is 23.0 Å². The maximum atomic E-state index is 14.1. The van der Waals surface area contributed by atoms with E-state index in [9.17, 15) is 8.78 Å². The Bertz CT molecular complexity index is 1050. The summed E-state index contributed by atoms with van der Waals surface area (Å²) in [5.41, 5.74) is 2.35. The number of rotatable bonds is 5. The largest absolute Gasteiger partial charge is 0.467 e. The summed E-state index contributed by atoms with van der Waals surface area (Å²) in [4.78, 5) is 0. The second-order valence-corrected chi connectivity index (χ2v) is 8.38. The highest BCUT2D eigenvalue weighted by atomic mass is 127. The first-order valence-corrected chi connectivity index (χ1v) is 10.6. The molecule has 2 heterocycles. The first-order chi connectivity index (χ1) is 14.0. The number of benzene rings is 2. The van der Waals surface area contributed by atoms with Gasteiger partial charge in [0, 0.05) is 52.3 Å². The van der Waals surface area contributed by atoms with Crippen molar-refractivity contribution in [3.8, 4) is 11.4 Å². The molecule has 154 valence electrons. The Kier molecular flexibility index (Phi) is 6.29. The number of hydrogen-bond donors (Lipinski definition) is 0. The van der Waals surface area contributed by atoms with Crippen LogP contribution >= 0.6 is 34.2 Å². The third kappa shape index (κ3) is 3.97. The molecule has 0 N–H and O–H groups in total. The molecule has 8 heteroatoms. The minimum atomic E-state index is -0.893. The van der Waals surface area contributed by atoms with E-state index in [-0.39, 0.29) is 12.7 Å². The van der Waals surface area contributed by atoms with E-state index in [2.05, 4.69) is 22.6 Å². The molecule has 0 radical (unpaired) electrons. The number of nitrogens with zero attached hydrogens (tertiary/aromatic N) is 1. The third-order valence-corrected chi connectivity index (χ3v) is 6.38. The van der Waals surface area contributed by atoms with Crippen molar-refractivity contribution in [1.82, 2.24) is 4.57 Å². The zero-order chi connectivity index (χ0) is 20.5. The monoisotopic (exact) mass is 533 g/mol. The minimum Gasteiger partial charge on any atom is -0.467 e. The van der Waals surface area contributed by atoms with Crippen LogP contribution in [0.2, 0.25) is 5.02 Å². The van der Waals surface area contributed by atoms with Gasteiger partial charge >= 0.3 is 0 Å². The Balaban J connectivity index is 2.02. The smallest absolute Gasteiger partial charge is 0.188 e. The van der Waals surface area contributed by atoms with Crippen molar-refractivity contribution >= 4 is 45.1 Å². The molecule has 2 aromatic carbocycles. The van der Waals surface area contributed by atoms with Gasteiger partial charge in [0.25, 0.3) is 0 Å². The highest BCUT2D eigenvalue weighted by molar-refractivity contribution is 14.1. The second-order valence-electron chi connectivity index (χ2n) is 6.87. The van der Waals surface area contributed by atoms with E-state index in [1.54, 1.807) is 19.2 Å². The first kappa shape index (κ1) is 20.8. The van der Waals surface area contributed by atoms with Crippen molar-refractivity contribution in [1.29, 1.82) is 0 Å². The molecule has 0 spiro atoms. The fourth-order valence-corrected chi connectivity index (χ4v) is 5.22. The van der Waals surface area contributed by atoms with Crippen LogP contribution in [0.25, 0.3) is 16.6 Å². The molecule has 1 aliphatic heterocycles. The Hall–Kier alpha value is -1.42. The maximum absolute atomic E-state index is 14.1. The fraction of sp³-hybridized carbons (Fsp3) is 0.333. The lowest BCUT2D eigenvalue weighted by molar-refractivity contribution is 0.0522. The average Bonchev–Trinajstić information content (AvgIpc) is 3.01. The van der Waals surface area contributed by atoms with Crippen LogP contribution in [-0.2, 0) is 9.47 Å². The molecule has 0 saturated carbocycles. The van der Waals surface area contributed by atoms with Crippen LogP contribution < -0.4 is 4.74 Å². The summed E-state index contributed by atoms with van der Waals surface area (Å²) >= 11 is 8.68. The van der Waals surface area contributed by atoms with E-state index >= 15 is 0 Å². The summed E-state index contributed by atoms with van der Waals surface area (Å²) in [5.74, 6) is -0.969. The van der Waals surface area contributed by atoms with Crippen molar-refractivity contribution in [2.45, 2.75) is 18.8 Å². The molecule has 1 fully saturated rings. The van der Waals surface area contributed by atoms with Crippen molar-refractivity contribution in [2.24, 2.45) is 0 Å². The Morgan fingerprint density at radius 3 is 2.62 bits per heavy atom. The fourth-order valence-electron chi connectivity index (χ4n) is 3.79. The van der Waals surface area contributed by atoms with Gasteiger partial charge in [0.05, 0.1) is 10.9 Å². The number of methoxy groups -OCH3 is 1. The predicted molar refractivity (Wildman–Crippen MR) is 116 cm³/mol. The SMILES string of the molecule is COCOc1cc(Cl)cc2c1c(I)c(C1CCOCC1)n2-c1ccc(F)c(F)c1. The molecule has 29 heavy (non-hydrogen) atoms. The van der Waals surface area contributed by atoms with E-state index in [1.807, 2.05) is 10.6 Å². The molecule has 1 aliphatic rings. The van der Waals surface area contributed by atoms with Crippen LogP contribution in [0.3, 0.4) is 0 Å². The van der Waals surface area contributed by atoms with Gasteiger partial charge in [-0.25, -0.2) is 8.78 Å². The van der Waals surface area contributed by atoms with E-state index in [0.29, 0.717) is 29.7 Å². The van der Waals surface area contributed by atoms with Crippen LogP contribution in [0.5, 0.6) is 5.75 Å². The van der Waals surface area contributed by atoms with Gasteiger partial charge in [0.15, 0.2) is 18.4 Å². The Labute approximate surface area is 185 Å². The van der Waals surface area contributed by atoms with Crippen molar-refractivity contribution in [3.63, 3.8) is 0 Å². The molecule has 0 amide bonds. The lowest BCUT2D eigenvalue weighted by Crippen LogP contribution is -2.17. The summed E-state index contributed by atoms with van der Waals surface area (Å²) in [5, 5.41) is 1.36. The molecule has 0 unspecified atom stereocenters. The topological polar surface area (TPSA) is 32.6 Å². The molecular weight excluding hydrogens is 515 g/mol.